The van der Waals surface area contributed by atoms with Crippen molar-refractivity contribution in [3.8, 4) is 11.4 Å². The van der Waals surface area contributed by atoms with Crippen LogP contribution in [0.3, 0.4) is 0 Å². The Labute approximate surface area is 209 Å². The summed E-state index contributed by atoms with van der Waals surface area (Å²) in [5.74, 6) is 0.894. The molecule has 0 bridgehead atoms. The second-order valence-electron chi connectivity index (χ2n) is 8.61. The number of carbonyl (C=O) groups is 1. The van der Waals surface area contributed by atoms with Gasteiger partial charge in [0.2, 0.25) is 5.82 Å². The van der Waals surface area contributed by atoms with Crippen LogP contribution in [0.25, 0.3) is 17.0 Å². The van der Waals surface area contributed by atoms with Gasteiger partial charge in [0.1, 0.15) is 0 Å². The summed E-state index contributed by atoms with van der Waals surface area (Å²) < 4.78 is 5.79. The average molecular weight is 483 g/mol. The molecule has 1 unspecified atom stereocenters. The number of nitrogens with zero attached hydrogens (tertiary/aromatic N) is 3. The Morgan fingerprint density at radius 3 is 2.14 bits per heavy atom. The summed E-state index contributed by atoms with van der Waals surface area (Å²) in [5, 5.41) is 7.41. The summed E-state index contributed by atoms with van der Waals surface area (Å²) in [6.07, 6.45) is 2.03. The van der Waals surface area contributed by atoms with Crippen LogP contribution in [0.15, 0.2) is 87.9 Å². The number of aromatic nitrogens is 2. The minimum absolute atomic E-state index is 0.202. The summed E-state index contributed by atoms with van der Waals surface area (Å²) in [6, 6.07) is 23.4. The van der Waals surface area contributed by atoms with Gasteiger partial charge in [-0.1, -0.05) is 64.8 Å². The zero-order chi connectivity index (χ0) is 24.5. The van der Waals surface area contributed by atoms with Crippen LogP contribution < -0.4 is 10.2 Å². The average Bonchev–Trinajstić information content (AvgIpc) is 3.35. The quantitative estimate of drug-likeness (QED) is 0.318. The van der Waals surface area contributed by atoms with Gasteiger partial charge < -0.3 is 9.84 Å². The molecule has 1 aliphatic rings. The number of urea groups is 1. The molecule has 6 nitrogen and oxygen atoms in total. The van der Waals surface area contributed by atoms with Crippen molar-refractivity contribution in [3.63, 3.8) is 0 Å². The summed E-state index contributed by atoms with van der Waals surface area (Å²) in [6.45, 7) is 6.00. The first-order chi connectivity index (χ1) is 16.9. The summed E-state index contributed by atoms with van der Waals surface area (Å²) in [4.78, 5) is 20.9. The van der Waals surface area contributed by atoms with Gasteiger partial charge >= 0.3 is 6.03 Å². The van der Waals surface area contributed by atoms with Gasteiger partial charge in [-0.3, -0.25) is 4.90 Å². The maximum Gasteiger partial charge on any atom is 0.326 e. The predicted molar refractivity (Wildman–Crippen MR) is 140 cm³/mol. The maximum atomic E-state index is 13.4. The van der Waals surface area contributed by atoms with Gasteiger partial charge in [0.25, 0.3) is 5.89 Å². The number of aryl methyl sites for hydroxylation is 2. The zero-order valence-corrected chi connectivity index (χ0v) is 20.9. The number of anilines is 1. The molecular formula is C28H26N4O2S. The number of carbonyl (C=O) groups excluding carboxylic acids is 1. The molecule has 35 heavy (non-hydrogen) atoms. The number of amides is 2. The molecule has 3 aromatic carbocycles. The minimum atomic E-state index is -0.420. The molecule has 176 valence electrons. The van der Waals surface area contributed by atoms with Crippen LogP contribution in [0, 0.1) is 13.8 Å². The van der Waals surface area contributed by atoms with Gasteiger partial charge in [0.05, 0.1) is 17.3 Å². The molecular weight excluding hydrogens is 456 g/mol. The van der Waals surface area contributed by atoms with E-state index >= 15 is 0 Å². The van der Waals surface area contributed by atoms with E-state index < -0.39 is 6.04 Å². The van der Waals surface area contributed by atoms with Crippen molar-refractivity contribution in [2.45, 2.75) is 31.7 Å². The molecule has 2 heterocycles. The highest BCUT2D eigenvalue weighted by molar-refractivity contribution is 7.98. The third-order valence-corrected chi connectivity index (χ3v) is 6.94. The molecule has 1 aromatic heterocycles. The Hall–Kier alpha value is -3.84. The lowest BCUT2D eigenvalue weighted by Crippen LogP contribution is -2.46. The van der Waals surface area contributed by atoms with Crippen LogP contribution in [-0.4, -0.2) is 22.4 Å². The van der Waals surface area contributed by atoms with Gasteiger partial charge in [-0.25, -0.2) is 4.79 Å². The van der Waals surface area contributed by atoms with E-state index in [1.807, 2.05) is 99.8 Å². The standard InChI is InChI=1S/C28H26N4O2S/c1-17-5-9-20(10-6-17)25-24(27-30-26(31-34-27)21-11-7-18(2)8-12-21)19(3)32(28(33)29-25)22-13-15-23(35-4)16-14-22/h5-16,25H,1-4H3,(H,29,33). The van der Waals surface area contributed by atoms with E-state index in [9.17, 15) is 4.79 Å². The van der Waals surface area contributed by atoms with Crippen molar-refractivity contribution >= 4 is 29.1 Å². The van der Waals surface area contributed by atoms with Gasteiger partial charge in [0.15, 0.2) is 0 Å². The normalized spacial score (nSPS) is 15.9. The largest absolute Gasteiger partial charge is 0.334 e. The van der Waals surface area contributed by atoms with Crippen molar-refractivity contribution in [2.24, 2.45) is 0 Å². The number of thioether (sulfide) groups is 1. The van der Waals surface area contributed by atoms with E-state index in [1.54, 1.807) is 16.7 Å². The predicted octanol–water partition coefficient (Wildman–Crippen LogP) is 6.78. The number of allylic oxidation sites excluding steroid dienone is 1. The lowest BCUT2D eigenvalue weighted by molar-refractivity contribution is 0.244. The number of hydrogen-bond donors (Lipinski definition) is 1. The molecule has 1 aliphatic heterocycles. The van der Waals surface area contributed by atoms with Crippen molar-refractivity contribution in [1.29, 1.82) is 0 Å². The number of rotatable bonds is 5. The zero-order valence-electron chi connectivity index (χ0n) is 20.1. The molecule has 0 radical (unpaired) electrons. The summed E-state index contributed by atoms with van der Waals surface area (Å²) in [5.41, 5.74) is 6.42. The highest BCUT2D eigenvalue weighted by Crippen LogP contribution is 2.39. The van der Waals surface area contributed by atoms with E-state index in [2.05, 4.69) is 10.5 Å². The van der Waals surface area contributed by atoms with Crippen LogP contribution >= 0.6 is 11.8 Å². The summed E-state index contributed by atoms with van der Waals surface area (Å²) in [7, 11) is 0. The first kappa shape index (κ1) is 22.9. The lowest BCUT2D eigenvalue weighted by Gasteiger charge is -2.35. The highest BCUT2D eigenvalue weighted by Gasteiger charge is 2.36. The van der Waals surface area contributed by atoms with Gasteiger partial charge in [-0.05, 0) is 56.9 Å². The van der Waals surface area contributed by atoms with E-state index in [4.69, 9.17) is 9.51 Å². The Kier molecular flexibility index (Phi) is 6.17. The third kappa shape index (κ3) is 4.47. The van der Waals surface area contributed by atoms with Gasteiger partial charge in [-0.15, -0.1) is 11.8 Å². The molecule has 0 aliphatic carbocycles. The molecule has 7 heteroatoms. The number of benzene rings is 3. The summed E-state index contributed by atoms with van der Waals surface area (Å²) >= 11 is 1.66. The third-order valence-electron chi connectivity index (χ3n) is 6.19. The topological polar surface area (TPSA) is 71.3 Å². The fourth-order valence-corrected chi connectivity index (χ4v) is 4.63. The molecule has 1 atom stereocenters. The molecule has 0 spiro atoms. The molecule has 0 saturated carbocycles. The van der Waals surface area contributed by atoms with Crippen molar-refractivity contribution < 1.29 is 9.32 Å². The molecule has 4 aromatic rings. The molecule has 5 rings (SSSR count). The van der Waals surface area contributed by atoms with Crippen molar-refractivity contribution in [2.75, 3.05) is 11.2 Å². The van der Waals surface area contributed by atoms with E-state index in [0.717, 1.165) is 44.1 Å². The fourth-order valence-electron chi connectivity index (χ4n) is 4.22. The molecule has 0 fully saturated rings. The number of nitrogens with one attached hydrogen (secondary N) is 1. The second-order valence-corrected chi connectivity index (χ2v) is 9.49. The van der Waals surface area contributed by atoms with E-state index in [-0.39, 0.29) is 6.03 Å². The first-order valence-corrected chi connectivity index (χ1v) is 12.6. The Bertz CT molecular complexity index is 1390. The van der Waals surface area contributed by atoms with Crippen LogP contribution in [-0.2, 0) is 0 Å². The highest BCUT2D eigenvalue weighted by atomic mass is 32.2. The Morgan fingerprint density at radius 2 is 1.51 bits per heavy atom. The van der Waals surface area contributed by atoms with Crippen molar-refractivity contribution in [1.82, 2.24) is 15.5 Å². The monoisotopic (exact) mass is 482 g/mol. The minimum Gasteiger partial charge on any atom is -0.334 e. The van der Waals surface area contributed by atoms with E-state index in [1.165, 1.54) is 0 Å². The number of hydrogen-bond acceptors (Lipinski definition) is 5. The Balaban J connectivity index is 1.63. The second kappa shape index (κ2) is 9.43. The SMILES string of the molecule is CSc1ccc(N2C(=O)NC(c3ccc(C)cc3)C(c3nc(-c4ccc(C)cc4)no3)=C2C)cc1. The fraction of sp³-hybridized carbons (Fsp3) is 0.179. The van der Waals surface area contributed by atoms with Crippen LogP contribution in [0.2, 0.25) is 0 Å². The Morgan fingerprint density at radius 1 is 0.886 bits per heavy atom. The smallest absolute Gasteiger partial charge is 0.326 e. The maximum absolute atomic E-state index is 13.4. The first-order valence-electron chi connectivity index (χ1n) is 11.4. The molecule has 1 N–H and O–H groups in total. The van der Waals surface area contributed by atoms with Gasteiger partial charge in [-0.2, -0.15) is 4.98 Å². The molecule has 2 amide bonds. The van der Waals surface area contributed by atoms with Crippen molar-refractivity contribution in [3.05, 3.63) is 101 Å². The van der Waals surface area contributed by atoms with Crippen LogP contribution in [0.4, 0.5) is 10.5 Å². The molecule has 0 saturated heterocycles. The lowest BCUT2D eigenvalue weighted by atomic mass is 9.94. The van der Waals surface area contributed by atoms with Crippen LogP contribution in [0.5, 0.6) is 0 Å². The van der Waals surface area contributed by atoms with E-state index in [0.29, 0.717) is 11.7 Å². The van der Waals surface area contributed by atoms with Gasteiger partial charge in [0, 0.05) is 16.2 Å². The van der Waals surface area contributed by atoms with Crippen LogP contribution in [0.1, 0.15) is 35.5 Å².